The molecule has 0 radical (unpaired) electrons. The molecule has 0 aromatic rings. The maximum absolute atomic E-state index is 5.92. The number of allylic oxidation sites excluding steroid dienone is 2. The summed E-state index contributed by atoms with van der Waals surface area (Å²) < 4.78 is 11.5. The summed E-state index contributed by atoms with van der Waals surface area (Å²) in [6, 6.07) is 0. The highest BCUT2D eigenvalue weighted by Gasteiger charge is 2.42. The van der Waals surface area contributed by atoms with Gasteiger partial charge in [0.2, 0.25) is 0 Å². The molecule has 1 saturated heterocycles. The van der Waals surface area contributed by atoms with Crippen molar-refractivity contribution in [3.05, 3.63) is 12.2 Å². The fourth-order valence-electron chi connectivity index (χ4n) is 2.82. The molecule has 1 heterocycles. The van der Waals surface area contributed by atoms with Crippen LogP contribution >= 0.6 is 0 Å². The van der Waals surface area contributed by atoms with Crippen molar-refractivity contribution in [1.82, 2.24) is 0 Å². The molecule has 0 bridgehead atoms. The van der Waals surface area contributed by atoms with Gasteiger partial charge in [0.05, 0.1) is 6.10 Å². The summed E-state index contributed by atoms with van der Waals surface area (Å²) in [5, 5.41) is 0. The quantitative estimate of drug-likeness (QED) is 0.508. The third-order valence-electron chi connectivity index (χ3n) is 3.94. The Balaban J connectivity index is 1.32. The zero-order valence-corrected chi connectivity index (χ0v) is 10.1. The predicted molar refractivity (Wildman–Crippen MR) is 63.0 cm³/mol. The number of ether oxygens (including phenoxy) is 2. The Labute approximate surface area is 98.0 Å². The largest absolute Gasteiger partial charge is 0.347 e. The van der Waals surface area contributed by atoms with E-state index >= 15 is 0 Å². The van der Waals surface area contributed by atoms with Crippen LogP contribution in [0.1, 0.15) is 45.4 Å². The highest BCUT2D eigenvalue weighted by molar-refractivity contribution is 5.13. The molecule has 0 spiro atoms. The van der Waals surface area contributed by atoms with Crippen molar-refractivity contribution in [1.29, 1.82) is 0 Å². The number of rotatable bonds is 6. The van der Waals surface area contributed by atoms with Crippen LogP contribution in [0.2, 0.25) is 0 Å². The zero-order chi connectivity index (χ0) is 11.0. The summed E-state index contributed by atoms with van der Waals surface area (Å²) in [6.45, 7) is 2.33. The summed E-state index contributed by atoms with van der Waals surface area (Å²) in [5.74, 6) is 1.56. The van der Waals surface area contributed by atoms with Crippen LogP contribution in [0.15, 0.2) is 12.2 Å². The summed E-state index contributed by atoms with van der Waals surface area (Å²) >= 11 is 0. The van der Waals surface area contributed by atoms with Crippen molar-refractivity contribution in [3.63, 3.8) is 0 Å². The van der Waals surface area contributed by atoms with Crippen LogP contribution in [0.25, 0.3) is 0 Å². The summed E-state index contributed by atoms with van der Waals surface area (Å²) in [7, 11) is 0. The number of hydrogen-bond donors (Lipinski definition) is 0. The van der Waals surface area contributed by atoms with Gasteiger partial charge in [0.15, 0.2) is 6.29 Å². The van der Waals surface area contributed by atoms with E-state index in [0.717, 1.165) is 11.8 Å². The van der Waals surface area contributed by atoms with Crippen LogP contribution in [0.3, 0.4) is 0 Å². The second kappa shape index (κ2) is 4.50. The summed E-state index contributed by atoms with van der Waals surface area (Å²) in [4.78, 5) is 0. The van der Waals surface area contributed by atoms with Crippen molar-refractivity contribution < 1.29 is 9.47 Å². The molecule has 0 N–H and O–H groups in total. The summed E-state index contributed by atoms with van der Waals surface area (Å²) in [5.41, 5.74) is 0. The van der Waals surface area contributed by atoms with E-state index in [2.05, 4.69) is 19.1 Å². The molecule has 0 aromatic carbocycles. The lowest BCUT2D eigenvalue weighted by Crippen LogP contribution is -2.13. The highest BCUT2D eigenvalue weighted by Crippen LogP contribution is 2.36. The second-order valence-electron chi connectivity index (χ2n) is 5.71. The first-order valence-electron chi connectivity index (χ1n) is 6.80. The minimum absolute atomic E-state index is 0.137. The lowest BCUT2D eigenvalue weighted by Gasteiger charge is -2.10. The molecule has 3 aliphatic rings. The molecule has 16 heavy (non-hydrogen) atoms. The van der Waals surface area contributed by atoms with Gasteiger partial charge in [-0.3, -0.25) is 0 Å². The van der Waals surface area contributed by atoms with Crippen LogP contribution in [-0.2, 0) is 9.47 Å². The van der Waals surface area contributed by atoms with Crippen molar-refractivity contribution >= 4 is 0 Å². The van der Waals surface area contributed by atoms with E-state index in [0.29, 0.717) is 12.2 Å². The van der Waals surface area contributed by atoms with E-state index in [-0.39, 0.29) is 6.29 Å². The van der Waals surface area contributed by atoms with Crippen molar-refractivity contribution in [3.8, 4) is 0 Å². The molecular formula is C14H22O2. The van der Waals surface area contributed by atoms with Gasteiger partial charge in [-0.2, -0.15) is 0 Å². The first kappa shape index (κ1) is 10.8. The van der Waals surface area contributed by atoms with E-state index in [1.807, 2.05) is 0 Å². The average Bonchev–Trinajstić information content (AvgIpc) is 3.11. The van der Waals surface area contributed by atoms with Crippen LogP contribution < -0.4 is 0 Å². The van der Waals surface area contributed by atoms with Crippen LogP contribution in [-0.4, -0.2) is 18.5 Å². The van der Waals surface area contributed by atoms with E-state index in [4.69, 9.17) is 9.47 Å². The molecule has 2 heteroatoms. The third-order valence-corrected chi connectivity index (χ3v) is 3.94. The molecule has 2 nitrogen and oxygen atoms in total. The lowest BCUT2D eigenvalue weighted by atomic mass is 9.98. The molecule has 3 rings (SSSR count). The molecule has 0 aromatic heterocycles. The molecule has 2 fully saturated rings. The van der Waals surface area contributed by atoms with Crippen molar-refractivity contribution in [2.75, 3.05) is 0 Å². The monoisotopic (exact) mass is 222 g/mol. The van der Waals surface area contributed by atoms with Crippen LogP contribution in [0.5, 0.6) is 0 Å². The van der Waals surface area contributed by atoms with Gasteiger partial charge in [-0.1, -0.05) is 31.9 Å². The Morgan fingerprint density at radius 3 is 2.69 bits per heavy atom. The maximum atomic E-state index is 5.92. The summed E-state index contributed by atoms with van der Waals surface area (Å²) in [6.07, 6.45) is 13.3. The first-order chi connectivity index (χ1) is 7.81. The van der Waals surface area contributed by atoms with E-state index in [1.54, 1.807) is 0 Å². The minimum Gasteiger partial charge on any atom is -0.347 e. The lowest BCUT2D eigenvalue weighted by molar-refractivity contribution is -0.00713. The molecule has 0 amide bonds. The molecule has 1 aliphatic heterocycles. The maximum Gasteiger partial charge on any atom is 0.184 e. The Kier molecular flexibility index (Phi) is 3.03. The van der Waals surface area contributed by atoms with E-state index in [1.165, 1.54) is 38.5 Å². The first-order valence-corrected chi connectivity index (χ1v) is 6.80. The third kappa shape index (κ3) is 2.86. The van der Waals surface area contributed by atoms with Gasteiger partial charge >= 0.3 is 0 Å². The molecule has 1 saturated carbocycles. The normalized spacial score (nSPS) is 35.6. The number of epoxide rings is 1. The SMILES string of the molecule is CC(CC1C=C1)CC1OC1OC1CCCC1. The van der Waals surface area contributed by atoms with Gasteiger partial charge in [-0.15, -0.1) is 0 Å². The average molecular weight is 222 g/mol. The standard InChI is InChI=1S/C14H22O2/c1-10(8-11-6-7-11)9-13-14(16-13)15-12-4-2-3-5-12/h6-7,10-14H,2-5,8-9H2,1H3. The smallest absolute Gasteiger partial charge is 0.184 e. The van der Waals surface area contributed by atoms with Gasteiger partial charge in [0, 0.05) is 0 Å². The van der Waals surface area contributed by atoms with Gasteiger partial charge in [0.1, 0.15) is 6.10 Å². The topological polar surface area (TPSA) is 21.8 Å². The Morgan fingerprint density at radius 2 is 2.00 bits per heavy atom. The molecule has 90 valence electrons. The Morgan fingerprint density at radius 1 is 1.25 bits per heavy atom. The molecule has 2 aliphatic carbocycles. The Bertz CT molecular complexity index is 262. The van der Waals surface area contributed by atoms with Gasteiger partial charge in [0.25, 0.3) is 0 Å². The van der Waals surface area contributed by atoms with E-state index < -0.39 is 0 Å². The van der Waals surface area contributed by atoms with Crippen molar-refractivity contribution in [2.24, 2.45) is 11.8 Å². The molecule has 3 unspecified atom stereocenters. The number of hydrogen-bond acceptors (Lipinski definition) is 2. The highest BCUT2D eigenvalue weighted by atomic mass is 16.8. The minimum atomic E-state index is 0.137. The predicted octanol–water partition coefficient (Wildman–Crippen LogP) is 3.27. The molecule has 3 atom stereocenters. The Hall–Kier alpha value is -0.340. The van der Waals surface area contributed by atoms with Gasteiger partial charge < -0.3 is 9.47 Å². The van der Waals surface area contributed by atoms with Crippen LogP contribution in [0, 0.1) is 11.8 Å². The fourth-order valence-corrected chi connectivity index (χ4v) is 2.82. The van der Waals surface area contributed by atoms with Crippen molar-refractivity contribution in [2.45, 2.75) is 63.9 Å². The van der Waals surface area contributed by atoms with Gasteiger partial charge in [-0.25, -0.2) is 0 Å². The van der Waals surface area contributed by atoms with Gasteiger partial charge in [-0.05, 0) is 37.5 Å². The molecular weight excluding hydrogens is 200 g/mol. The van der Waals surface area contributed by atoms with E-state index in [9.17, 15) is 0 Å². The fraction of sp³-hybridized carbons (Fsp3) is 0.857. The second-order valence-corrected chi connectivity index (χ2v) is 5.71. The van der Waals surface area contributed by atoms with Crippen LogP contribution in [0.4, 0.5) is 0 Å². The zero-order valence-electron chi connectivity index (χ0n) is 10.1.